The summed E-state index contributed by atoms with van der Waals surface area (Å²) in [7, 11) is 0. The highest BCUT2D eigenvalue weighted by Crippen LogP contribution is 2.19. The van der Waals surface area contributed by atoms with Crippen LogP contribution in [0.15, 0.2) is 24.5 Å². The lowest BCUT2D eigenvalue weighted by molar-refractivity contribution is 0.457. The highest BCUT2D eigenvalue weighted by molar-refractivity contribution is 5.26. The Morgan fingerprint density at radius 3 is 2.75 bits per heavy atom. The first-order valence-electron chi connectivity index (χ1n) is 6.85. The van der Waals surface area contributed by atoms with Gasteiger partial charge in [0, 0.05) is 24.6 Å². The topological polar surface area (TPSA) is 56.7 Å². The zero-order valence-electron chi connectivity index (χ0n) is 12.2. The van der Waals surface area contributed by atoms with Crippen LogP contribution in [0, 0.1) is 18.7 Å². The quantitative estimate of drug-likeness (QED) is 0.913. The van der Waals surface area contributed by atoms with E-state index in [1.165, 1.54) is 12.4 Å². The predicted octanol–water partition coefficient (Wildman–Crippen LogP) is 2.62. The van der Waals surface area contributed by atoms with Gasteiger partial charge in [-0.1, -0.05) is 26.0 Å². The zero-order valence-corrected chi connectivity index (χ0v) is 12.2. The third-order valence-electron chi connectivity index (χ3n) is 3.19. The van der Waals surface area contributed by atoms with Crippen LogP contribution in [-0.2, 0) is 13.0 Å². The van der Waals surface area contributed by atoms with Crippen molar-refractivity contribution in [1.82, 2.24) is 14.8 Å². The summed E-state index contributed by atoms with van der Waals surface area (Å²) in [5.74, 6) is 1.02. The van der Waals surface area contributed by atoms with E-state index in [-0.39, 0.29) is 5.82 Å². The Balaban J connectivity index is 2.15. The third-order valence-corrected chi connectivity index (χ3v) is 3.19. The van der Waals surface area contributed by atoms with Crippen LogP contribution in [0.2, 0.25) is 0 Å². The minimum Gasteiger partial charge on any atom is -0.323 e. The van der Waals surface area contributed by atoms with Crippen LogP contribution in [0.1, 0.15) is 36.8 Å². The minimum atomic E-state index is -0.411. The number of hydrogen-bond donors (Lipinski definition) is 1. The first-order chi connectivity index (χ1) is 9.47. The van der Waals surface area contributed by atoms with Crippen LogP contribution in [0.25, 0.3) is 0 Å². The largest absolute Gasteiger partial charge is 0.323 e. The van der Waals surface area contributed by atoms with Gasteiger partial charge in [-0.3, -0.25) is 0 Å². The summed E-state index contributed by atoms with van der Waals surface area (Å²) >= 11 is 0. The van der Waals surface area contributed by atoms with E-state index in [0.29, 0.717) is 17.9 Å². The molecular formula is C15H21FN4. The van der Waals surface area contributed by atoms with Crippen molar-refractivity contribution in [1.29, 1.82) is 0 Å². The van der Waals surface area contributed by atoms with Gasteiger partial charge < -0.3 is 5.73 Å². The van der Waals surface area contributed by atoms with Gasteiger partial charge in [-0.25, -0.2) is 14.1 Å². The Labute approximate surface area is 118 Å². The summed E-state index contributed by atoms with van der Waals surface area (Å²) in [6, 6.07) is 4.72. The Hall–Kier alpha value is -1.75. The van der Waals surface area contributed by atoms with E-state index in [4.69, 9.17) is 5.73 Å². The second-order valence-electron chi connectivity index (χ2n) is 5.59. The second-order valence-corrected chi connectivity index (χ2v) is 5.59. The molecule has 20 heavy (non-hydrogen) atoms. The summed E-state index contributed by atoms with van der Waals surface area (Å²) in [6.07, 6.45) is 2.00. The van der Waals surface area contributed by atoms with Gasteiger partial charge in [0.15, 0.2) is 0 Å². The average molecular weight is 276 g/mol. The molecule has 0 radical (unpaired) electrons. The monoisotopic (exact) mass is 276 g/mol. The van der Waals surface area contributed by atoms with Gasteiger partial charge in [0.2, 0.25) is 0 Å². The number of halogens is 1. The second kappa shape index (κ2) is 6.13. The lowest BCUT2D eigenvalue weighted by atomic mass is 10.0. The van der Waals surface area contributed by atoms with E-state index < -0.39 is 6.04 Å². The predicted molar refractivity (Wildman–Crippen MR) is 76.6 cm³/mol. The highest BCUT2D eigenvalue weighted by atomic mass is 19.1. The smallest absolute Gasteiger partial charge is 0.138 e. The Bertz CT molecular complexity index is 577. The van der Waals surface area contributed by atoms with Crippen molar-refractivity contribution < 1.29 is 4.39 Å². The molecule has 108 valence electrons. The Kier molecular flexibility index (Phi) is 4.49. The van der Waals surface area contributed by atoms with E-state index in [1.807, 2.05) is 17.7 Å². The van der Waals surface area contributed by atoms with Gasteiger partial charge >= 0.3 is 0 Å². The highest BCUT2D eigenvalue weighted by Gasteiger charge is 2.16. The lowest BCUT2D eigenvalue weighted by Crippen LogP contribution is -2.19. The molecule has 0 aliphatic carbocycles. The molecule has 1 aromatic heterocycles. The number of aromatic nitrogens is 3. The Morgan fingerprint density at radius 1 is 1.35 bits per heavy atom. The zero-order chi connectivity index (χ0) is 14.7. The number of aryl methyl sites for hydroxylation is 1. The molecule has 2 N–H and O–H groups in total. The maximum Gasteiger partial charge on any atom is 0.138 e. The van der Waals surface area contributed by atoms with Gasteiger partial charge in [0.25, 0.3) is 0 Å². The van der Waals surface area contributed by atoms with Crippen molar-refractivity contribution in [2.24, 2.45) is 11.7 Å². The fourth-order valence-corrected chi connectivity index (χ4v) is 2.18. The van der Waals surface area contributed by atoms with Crippen LogP contribution in [0.3, 0.4) is 0 Å². The average Bonchev–Trinajstić information content (AvgIpc) is 2.75. The molecular weight excluding hydrogens is 255 g/mol. The molecule has 5 heteroatoms. The van der Waals surface area contributed by atoms with E-state index in [1.54, 1.807) is 6.07 Å². The van der Waals surface area contributed by atoms with Crippen molar-refractivity contribution in [2.75, 3.05) is 0 Å². The SMILES string of the molecule is Cc1ccc(C(N)Cc2ncnn2CC(C)C)c(F)c1. The van der Waals surface area contributed by atoms with E-state index in [2.05, 4.69) is 23.9 Å². The summed E-state index contributed by atoms with van der Waals surface area (Å²) in [6.45, 7) is 6.88. The van der Waals surface area contributed by atoms with E-state index in [0.717, 1.165) is 17.9 Å². The molecule has 0 spiro atoms. The number of nitrogens with two attached hydrogens (primary N) is 1. The van der Waals surface area contributed by atoms with Crippen LogP contribution in [-0.4, -0.2) is 14.8 Å². The fourth-order valence-electron chi connectivity index (χ4n) is 2.18. The normalized spacial score (nSPS) is 12.9. The molecule has 4 nitrogen and oxygen atoms in total. The molecule has 0 bridgehead atoms. The molecule has 0 amide bonds. The number of rotatable bonds is 5. The minimum absolute atomic E-state index is 0.257. The molecule has 1 aromatic carbocycles. The first-order valence-corrected chi connectivity index (χ1v) is 6.85. The summed E-state index contributed by atoms with van der Waals surface area (Å²) in [5, 5.41) is 4.20. The molecule has 0 aliphatic heterocycles. The van der Waals surface area contributed by atoms with Gasteiger partial charge in [0.05, 0.1) is 0 Å². The van der Waals surface area contributed by atoms with Crippen molar-refractivity contribution in [3.05, 3.63) is 47.3 Å². The van der Waals surface area contributed by atoms with Gasteiger partial charge in [0.1, 0.15) is 18.0 Å². The molecule has 2 aromatic rings. The Morgan fingerprint density at radius 2 is 2.10 bits per heavy atom. The maximum absolute atomic E-state index is 13.9. The molecule has 1 atom stereocenters. The number of hydrogen-bond acceptors (Lipinski definition) is 3. The van der Waals surface area contributed by atoms with Crippen LogP contribution in [0.4, 0.5) is 4.39 Å². The van der Waals surface area contributed by atoms with E-state index in [9.17, 15) is 4.39 Å². The van der Waals surface area contributed by atoms with E-state index >= 15 is 0 Å². The summed E-state index contributed by atoms with van der Waals surface area (Å²) in [5.41, 5.74) is 7.53. The van der Waals surface area contributed by atoms with Crippen molar-refractivity contribution >= 4 is 0 Å². The lowest BCUT2D eigenvalue weighted by Gasteiger charge is -2.14. The van der Waals surface area contributed by atoms with Crippen LogP contribution in [0.5, 0.6) is 0 Å². The molecule has 0 saturated carbocycles. The molecule has 2 rings (SSSR count). The first kappa shape index (κ1) is 14.7. The number of nitrogens with zero attached hydrogens (tertiary/aromatic N) is 3. The maximum atomic E-state index is 13.9. The third kappa shape index (κ3) is 3.42. The van der Waals surface area contributed by atoms with Gasteiger partial charge in [-0.2, -0.15) is 5.10 Å². The molecule has 0 fully saturated rings. The molecule has 1 unspecified atom stereocenters. The molecule has 0 saturated heterocycles. The number of benzene rings is 1. The summed E-state index contributed by atoms with van der Waals surface area (Å²) in [4.78, 5) is 4.23. The fraction of sp³-hybridized carbons (Fsp3) is 0.467. The van der Waals surface area contributed by atoms with Crippen molar-refractivity contribution in [2.45, 2.75) is 39.8 Å². The van der Waals surface area contributed by atoms with Gasteiger partial charge in [-0.15, -0.1) is 0 Å². The standard InChI is InChI=1S/C15H21FN4/c1-10(2)8-20-15(18-9-19-20)7-14(17)12-5-4-11(3)6-13(12)16/h4-6,9-10,14H,7-8,17H2,1-3H3. The van der Waals surface area contributed by atoms with Gasteiger partial charge in [-0.05, 0) is 24.5 Å². The summed E-state index contributed by atoms with van der Waals surface area (Å²) < 4.78 is 15.8. The molecule has 0 aliphatic rings. The van der Waals surface area contributed by atoms with Crippen molar-refractivity contribution in [3.8, 4) is 0 Å². The van der Waals surface area contributed by atoms with Crippen molar-refractivity contribution in [3.63, 3.8) is 0 Å². The molecule has 1 heterocycles. The van der Waals surface area contributed by atoms with Crippen LogP contribution >= 0.6 is 0 Å². The van der Waals surface area contributed by atoms with Crippen LogP contribution < -0.4 is 5.73 Å².